The van der Waals surface area contributed by atoms with Crippen LogP contribution in [0.5, 0.6) is 5.75 Å². The molecule has 0 spiro atoms. The lowest BCUT2D eigenvalue weighted by Gasteiger charge is -2.08. The van der Waals surface area contributed by atoms with Crippen molar-refractivity contribution < 1.29 is 18.3 Å². The summed E-state index contributed by atoms with van der Waals surface area (Å²) < 4.78 is 32.7. The first-order valence-corrected chi connectivity index (χ1v) is 8.14. The average molecular weight is 370 g/mol. The van der Waals surface area contributed by atoms with Crippen LogP contribution in [0, 0.1) is 11.6 Å². The number of methoxy groups -OCH3 is 1. The SMILES string of the molecule is COc1cccc(-c2ccc(=O)n(CC(=O)Cc3cc(F)cc(F)c3)n2)c1. The molecule has 7 heteroatoms. The molecule has 1 heterocycles. The first-order chi connectivity index (χ1) is 12.9. The minimum atomic E-state index is -0.756. The minimum Gasteiger partial charge on any atom is -0.497 e. The van der Waals surface area contributed by atoms with Crippen LogP contribution in [0.2, 0.25) is 0 Å². The van der Waals surface area contributed by atoms with E-state index in [0.29, 0.717) is 11.4 Å². The zero-order valence-corrected chi connectivity index (χ0v) is 14.5. The number of benzene rings is 2. The Kier molecular flexibility index (Phi) is 5.40. The Morgan fingerprint density at radius 3 is 2.52 bits per heavy atom. The molecule has 0 unspecified atom stereocenters. The smallest absolute Gasteiger partial charge is 0.267 e. The van der Waals surface area contributed by atoms with Gasteiger partial charge in [-0.05, 0) is 35.9 Å². The molecule has 0 atom stereocenters. The average Bonchev–Trinajstić information content (AvgIpc) is 2.62. The fraction of sp³-hybridized carbons (Fsp3) is 0.150. The molecule has 3 rings (SSSR count). The van der Waals surface area contributed by atoms with Crippen LogP contribution in [0.15, 0.2) is 59.4 Å². The first-order valence-electron chi connectivity index (χ1n) is 8.14. The number of ether oxygens (including phenoxy) is 1. The molecule has 5 nitrogen and oxygen atoms in total. The maximum Gasteiger partial charge on any atom is 0.267 e. The van der Waals surface area contributed by atoms with Gasteiger partial charge >= 0.3 is 0 Å². The van der Waals surface area contributed by atoms with Crippen molar-refractivity contribution in [3.05, 3.63) is 82.1 Å². The van der Waals surface area contributed by atoms with Gasteiger partial charge in [-0.15, -0.1) is 0 Å². The van der Waals surface area contributed by atoms with Gasteiger partial charge in [0.25, 0.3) is 5.56 Å². The predicted octanol–water partition coefficient (Wildman–Crippen LogP) is 3.01. The van der Waals surface area contributed by atoms with E-state index in [1.165, 1.54) is 6.07 Å². The molecule has 0 amide bonds. The Bertz CT molecular complexity index is 1030. The highest BCUT2D eigenvalue weighted by atomic mass is 19.1. The second-order valence-electron chi connectivity index (χ2n) is 5.94. The second kappa shape index (κ2) is 7.90. The van der Waals surface area contributed by atoms with Crippen LogP contribution in [-0.4, -0.2) is 22.7 Å². The summed E-state index contributed by atoms with van der Waals surface area (Å²) in [7, 11) is 1.54. The van der Waals surface area contributed by atoms with E-state index in [2.05, 4.69) is 5.10 Å². The van der Waals surface area contributed by atoms with E-state index < -0.39 is 23.0 Å². The highest BCUT2D eigenvalue weighted by molar-refractivity contribution is 5.80. The van der Waals surface area contributed by atoms with Gasteiger partial charge in [0.2, 0.25) is 0 Å². The third kappa shape index (κ3) is 4.63. The minimum absolute atomic E-state index is 0.202. The van der Waals surface area contributed by atoms with Crippen molar-refractivity contribution in [1.29, 1.82) is 0 Å². The highest BCUT2D eigenvalue weighted by Gasteiger charge is 2.11. The van der Waals surface area contributed by atoms with Crippen LogP contribution in [0.1, 0.15) is 5.56 Å². The largest absolute Gasteiger partial charge is 0.497 e. The van der Waals surface area contributed by atoms with Crippen molar-refractivity contribution in [3.63, 3.8) is 0 Å². The Morgan fingerprint density at radius 2 is 1.81 bits per heavy atom. The van der Waals surface area contributed by atoms with E-state index in [4.69, 9.17) is 4.74 Å². The van der Waals surface area contributed by atoms with Crippen molar-refractivity contribution in [2.75, 3.05) is 7.11 Å². The van der Waals surface area contributed by atoms with Gasteiger partial charge in [0, 0.05) is 24.1 Å². The number of hydrogen-bond acceptors (Lipinski definition) is 4. The van der Waals surface area contributed by atoms with E-state index in [9.17, 15) is 18.4 Å². The monoisotopic (exact) mass is 370 g/mol. The van der Waals surface area contributed by atoms with Crippen molar-refractivity contribution in [1.82, 2.24) is 9.78 Å². The predicted molar refractivity (Wildman–Crippen MR) is 95.6 cm³/mol. The van der Waals surface area contributed by atoms with Gasteiger partial charge in [-0.2, -0.15) is 5.10 Å². The summed E-state index contributed by atoms with van der Waals surface area (Å²) in [5.74, 6) is -1.27. The molecule has 27 heavy (non-hydrogen) atoms. The molecule has 0 bridgehead atoms. The molecule has 3 aromatic rings. The molecular weight excluding hydrogens is 354 g/mol. The van der Waals surface area contributed by atoms with Gasteiger partial charge in [-0.25, -0.2) is 13.5 Å². The fourth-order valence-electron chi connectivity index (χ4n) is 2.66. The molecule has 0 N–H and O–H groups in total. The Hall–Kier alpha value is -3.35. The molecule has 1 aromatic heterocycles. The maximum atomic E-state index is 13.2. The normalized spacial score (nSPS) is 10.6. The summed E-state index contributed by atoms with van der Waals surface area (Å²) in [5, 5.41) is 4.21. The number of nitrogens with zero attached hydrogens (tertiary/aromatic N) is 2. The van der Waals surface area contributed by atoms with Crippen LogP contribution in [-0.2, 0) is 17.8 Å². The van der Waals surface area contributed by atoms with Crippen molar-refractivity contribution >= 4 is 5.78 Å². The number of hydrogen-bond donors (Lipinski definition) is 0. The molecule has 0 aliphatic rings. The van der Waals surface area contributed by atoms with Crippen molar-refractivity contribution in [2.45, 2.75) is 13.0 Å². The quantitative estimate of drug-likeness (QED) is 0.669. The van der Waals surface area contributed by atoms with Gasteiger partial charge in [0.05, 0.1) is 12.8 Å². The van der Waals surface area contributed by atoms with Gasteiger partial charge < -0.3 is 4.74 Å². The zero-order chi connectivity index (χ0) is 19.4. The molecule has 0 saturated carbocycles. The number of Topliss-reactive ketones (excluding diaryl/α,β-unsaturated/α-hetero) is 1. The van der Waals surface area contributed by atoms with Crippen LogP contribution in [0.4, 0.5) is 8.78 Å². The Morgan fingerprint density at radius 1 is 1.07 bits per heavy atom. The third-order valence-corrected chi connectivity index (χ3v) is 3.88. The van der Waals surface area contributed by atoms with E-state index in [-0.39, 0.29) is 18.5 Å². The van der Waals surface area contributed by atoms with Crippen LogP contribution >= 0.6 is 0 Å². The molecule has 0 aliphatic heterocycles. The summed E-state index contributed by atoms with van der Waals surface area (Å²) in [4.78, 5) is 24.3. The highest BCUT2D eigenvalue weighted by Crippen LogP contribution is 2.21. The van der Waals surface area contributed by atoms with E-state index in [0.717, 1.165) is 28.4 Å². The summed E-state index contributed by atoms with van der Waals surface area (Å²) in [5.41, 5.74) is 0.982. The number of carbonyl (C=O) groups excluding carboxylic acids is 1. The van der Waals surface area contributed by atoms with Gasteiger partial charge in [0.15, 0.2) is 5.78 Å². The zero-order valence-electron chi connectivity index (χ0n) is 14.5. The number of rotatable bonds is 6. The molecule has 0 radical (unpaired) electrons. The van der Waals surface area contributed by atoms with Gasteiger partial charge in [-0.1, -0.05) is 12.1 Å². The number of carbonyl (C=O) groups is 1. The van der Waals surface area contributed by atoms with E-state index >= 15 is 0 Å². The summed E-state index contributed by atoms with van der Waals surface area (Å²) in [6.45, 7) is -0.297. The van der Waals surface area contributed by atoms with Crippen molar-refractivity contribution in [3.8, 4) is 17.0 Å². The Labute approximate surface area is 153 Å². The molecule has 138 valence electrons. The number of aromatic nitrogens is 2. The van der Waals surface area contributed by atoms with Crippen LogP contribution < -0.4 is 10.3 Å². The molecular formula is C20H16F2N2O3. The Balaban J connectivity index is 1.82. The van der Waals surface area contributed by atoms with Crippen LogP contribution in [0.3, 0.4) is 0 Å². The summed E-state index contributed by atoms with van der Waals surface area (Å²) >= 11 is 0. The van der Waals surface area contributed by atoms with Gasteiger partial charge in [-0.3, -0.25) is 9.59 Å². The lowest BCUT2D eigenvalue weighted by atomic mass is 10.1. The molecule has 0 aliphatic carbocycles. The number of ketones is 1. The second-order valence-corrected chi connectivity index (χ2v) is 5.94. The number of halogens is 2. The third-order valence-electron chi connectivity index (χ3n) is 3.88. The van der Waals surface area contributed by atoms with Crippen molar-refractivity contribution in [2.24, 2.45) is 0 Å². The van der Waals surface area contributed by atoms with E-state index in [1.54, 1.807) is 37.4 Å². The van der Waals surface area contributed by atoms with Crippen LogP contribution in [0.25, 0.3) is 11.3 Å². The lowest BCUT2D eigenvalue weighted by Crippen LogP contribution is -2.27. The maximum absolute atomic E-state index is 13.2. The standard InChI is InChI=1S/C20H16F2N2O3/c1-27-18-4-2-3-14(10-18)19-5-6-20(26)24(23-19)12-17(25)9-13-7-15(21)11-16(22)8-13/h2-8,10-11H,9,12H2,1H3. The summed E-state index contributed by atoms with van der Waals surface area (Å²) in [6.07, 6.45) is -0.202. The molecule has 2 aromatic carbocycles. The molecule has 0 saturated heterocycles. The first kappa shape index (κ1) is 18.4. The lowest BCUT2D eigenvalue weighted by molar-refractivity contribution is -0.119. The topological polar surface area (TPSA) is 61.2 Å². The molecule has 0 fully saturated rings. The fourth-order valence-corrected chi connectivity index (χ4v) is 2.66. The van der Waals surface area contributed by atoms with Gasteiger partial charge in [0.1, 0.15) is 23.9 Å². The van der Waals surface area contributed by atoms with E-state index in [1.807, 2.05) is 0 Å². The summed E-state index contributed by atoms with van der Waals surface area (Å²) in [6, 6.07) is 12.9.